The van der Waals surface area contributed by atoms with Crippen LogP contribution in [0.25, 0.3) is 10.9 Å². The van der Waals surface area contributed by atoms with E-state index in [9.17, 15) is 4.79 Å². The molecule has 0 spiro atoms. The molecule has 3 atom stereocenters. The molecule has 134 valence electrons. The van der Waals surface area contributed by atoms with Crippen LogP contribution in [0, 0.1) is 11.8 Å². The third-order valence-corrected chi connectivity index (χ3v) is 6.31. The summed E-state index contributed by atoms with van der Waals surface area (Å²) in [6.07, 6.45) is 3.64. The predicted molar refractivity (Wildman–Crippen MR) is 98.3 cm³/mol. The zero-order valence-corrected chi connectivity index (χ0v) is 15.1. The van der Waals surface area contributed by atoms with Crippen molar-refractivity contribution in [1.82, 2.24) is 4.98 Å². The second kappa shape index (κ2) is 5.73. The Morgan fingerprint density at radius 1 is 1.35 bits per heavy atom. The lowest BCUT2D eigenvalue weighted by molar-refractivity contribution is -0.545. The van der Waals surface area contributed by atoms with E-state index in [1.165, 1.54) is 35.0 Å². The average Bonchev–Trinajstić information content (AvgIpc) is 3.06. The third kappa shape index (κ3) is 2.16. The van der Waals surface area contributed by atoms with E-state index in [0.717, 1.165) is 25.9 Å². The van der Waals surface area contributed by atoms with Gasteiger partial charge in [0.2, 0.25) is 5.71 Å². The minimum Gasteiger partial charge on any atom is -0.497 e. The number of ether oxygens (including phenoxy) is 2. The Balaban J connectivity index is 1.60. The fourth-order valence-corrected chi connectivity index (χ4v) is 4.92. The second-order valence-electron chi connectivity index (χ2n) is 7.55. The fourth-order valence-electron chi connectivity index (χ4n) is 4.92. The summed E-state index contributed by atoms with van der Waals surface area (Å²) in [5, 5.41) is 1.32. The molecule has 3 aliphatic heterocycles. The number of carbonyl (C=O) groups excluding carboxylic acids is 1. The van der Waals surface area contributed by atoms with E-state index in [1.807, 2.05) is 0 Å². The number of nitrogens with zero attached hydrogens (tertiary/aromatic N) is 1. The van der Waals surface area contributed by atoms with Crippen molar-refractivity contribution in [2.24, 2.45) is 11.8 Å². The van der Waals surface area contributed by atoms with Gasteiger partial charge in [-0.05, 0) is 18.6 Å². The Morgan fingerprint density at radius 2 is 2.19 bits per heavy atom. The SMILES string of the molecule is COC(=O)C1=COC(C)C2C[N+]3=C(C[C@H]12)c1[nH]c2ccccc2c1CC3. The van der Waals surface area contributed by atoms with Crippen molar-refractivity contribution in [3.63, 3.8) is 0 Å². The molecule has 0 saturated carbocycles. The van der Waals surface area contributed by atoms with Crippen LogP contribution in [0.5, 0.6) is 0 Å². The standard InChI is InChI=1S/C21H22N2O3/c1-12-16-10-23-8-7-14-13-5-3-4-6-18(13)22-20(14)19(23)9-15(16)17(11-26-12)21(24)25-2/h3-6,11-12,15-16H,7-10H2,1-2H3/p+1/t12?,15-,16?/m0/s1. The van der Waals surface area contributed by atoms with Crippen molar-refractivity contribution in [3.05, 3.63) is 47.4 Å². The smallest absolute Gasteiger partial charge is 0.337 e. The molecule has 0 amide bonds. The number of hydrogen-bond donors (Lipinski definition) is 1. The first-order valence-electron chi connectivity index (χ1n) is 9.32. The van der Waals surface area contributed by atoms with Crippen LogP contribution < -0.4 is 0 Å². The number of esters is 1. The normalized spacial score (nSPS) is 27.2. The number of hydrogen-bond acceptors (Lipinski definition) is 3. The molecule has 2 aromatic rings. The van der Waals surface area contributed by atoms with Gasteiger partial charge in [0.05, 0.1) is 24.9 Å². The van der Waals surface area contributed by atoms with Crippen LogP contribution in [0.15, 0.2) is 36.1 Å². The van der Waals surface area contributed by atoms with Crippen molar-refractivity contribution >= 4 is 22.6 Å². The highest BCUT2D eigenvalue weighted by Gasteiger charge is 2.47. The number of para-hydroxylation sites is 1. The first-order chi connectivity index (χ1) is 12.7. The molecular formula is C21H23N2O3+. The van der Waals surface area contributed by atoms with Gasteiger partial charge in [0.25, 0.3) is 0 Å². The van der Waals surface area contributed by atoms with Crippen molar-refractivity contribution in [3.8, 4) is 0 Å². The summed E-state index contributed by atoms with van der Waals surface area (Å²) in [5.74, 6) is 0.187. The summed E-state index contributed by atoms with van der Waals surface area (Å²) in [6.45, 7) is 4.05. The molecule has 0 bridgehead atoms. The minimum absolute atomic E-state index is 0.110. The van der Waals surface area contributed by atoms with E-state index in [2.05, 4.69) is 40.7 Å². The molecule has 5 nitrogen and oxygen atoms in total. The molecule has 0 radical (unpaired) electrons. The van der Waals surface area contributed by atoms with E-state index in [1.54, 1.807) is 6.26 Å². The summed E-state index contributed by atoms with van der Waals surface area (Å²) in [5.41, 5.74) is 5.85. The molecule has 2 unspecified atom stereocenters. The van der Waals surface area contributed by atoms with Crippen LogP contribution in [0.4, 0.5) is 0 Å². The lowest BCUT2D eigenvalue weighted by Crippen LogP contribution is -2.48. The van der Waals surface area contributed by atoms with Gasteiger partial charge in [0.1, 0.15) is 24.9 Å². The predicted octanol–water partition coefficient (Wildman–Crippen LogP) is 2.64. The number of methoxy groups -OCH3 is 1. The number of aromatic amines is 1. The molecule has 1 aromatic heterocycles. The molecule has 26 heavy (non-hydrogen) atoms. The molecule has 3 aliphatic rings. The number of H-pyrrole nitrogens is 1. The number of fused-ring (bicyclic) bond motifs is 5. The van der Waals surface area contributed by atoms with Crippen LogP contribution in [-0.4, -0.2) is 47.5 Å². The molecule has 1 aromatic carbocycles. The Morgan fingerprint density at radius 3 is 3.04 bits per heavy atom. The molecule has 1 N–H and O–H groups in total. The maximum absolute atomic E-state index is 12.3. The molecule has 5 heteroatoms. The fraction of sp³-hybridized carbons (Fsp3) is 0.429. The van der Waals surface area contributed by atoms with Gasteiger partial charge in [0.15, 0.2) is 0 Å². The molecule has 0 saturated heterocycles. The monoisotopic (exact) mass is 351 g/mol. The first-order valence-corrected chi connectivity index (χ1v) is 9.32. The number of benzene rings is 1. The molecule has 5 rings (SSSR count). The Labute approximate surface area is 152 Å². The van der Waals surface area contributed by atoms with Crippen molar-refractivity contribution in [1.29, 1.82) is 0 Å². The molecule has 0 aliphatic carbocycles. The summed E-state index contributed by atoms with van der Waals surface area (Å²) in [4.78, 5) is 15.9. The summed E-state index contributed by atoms with van der Waals surface area (Å²) < 4.78 is 13.3. The Kier molecular flexibility index (Phi) is 3.45. The molecule has 0 fully saturated rings. The van der Waals surface area contributed by atoms with Crippen LogP contribution >= 0.6 is 0 Å². The van der Waals surface area contributed by atoms with Crippen LogP contribution in [0.1, 0.15) is 24.6 Å². The number of nitrogens with one attached hydrogen (secondary N) is 1. The van der Waals surface area contributed by atoms with Crippen molar-refractivity contribution in [2.45, 2.75) is 25.9 Å². The van der Waals surface area contributed by atoms with Crippen LogP contribution in [0.3, 0.4) is 0 Å². The van der Waals surface area contributed by atoms with Gasteiger partial charge >= 0.3 is 5.97 Å². The van der Waals surface area contributed by atoms with Gasteiger partial charge in [0, 0.05) is 29.7 Å². The number of aromatic nitrogens is 1. The van der Waals surface area contributed by atoms with Gasteiger partial charge < -0.3 is 14.5 Å². The molecule has 4 heterocycles. The van der Waals surface area contributed by atoms with Gasteiger partial charge in [-0.2, -0.15) is 0 Å². The molecular weight excluding hydrogens is 328 g/mol. The Hall–Kier alpha value is -2.56. The average molecular weight is 351 g/mol. The van der Waals surface area contributed by atoms with Crippen molar-refractivity contribution < 1.29 is 18.8 Å². The zero-order valence-electron chi connectivity index (χ0n) is 15.1. The van der Waals surface area contributed by atoms with Crippen LogP contribution in [-0.2, 0) is 20.7 Å². The summed E-state index contributed by atoms with van der Waals surface area (Å²) in [7, 11) is 1.44. The lowest BCUT2D eigenvalue weighted by atomic mass is 9.74. The van der Waals surface area contributed by atoms with Gasteiger partial charge in [-0.25, -0.2) is 9.37 Å². The van der Waals surface area contributed by atoms with Crippen molar-refractivity contribution in [2.75, 3.05) is 20.2 Å². The lowest BCUT2D eigenvalue weighted by Gasteiger charge is -2.38. The van der Waals surface area contributed by atoms with E-state index in [-0.39, 0.29) is 18.0 Å². The topological polar surface area (TPSA) is 54.3 Å². The quantitative estimate of drug-likeness (QED) is 0.635. The van der Waals surface area contributed by atoms with E-state index < -0.39 is 0 Å². The highest BCUT2D eigenvalue weighted by atomic mass is 16.5. The third-order valence-electron chi connectivity index (χ3n) is 6.31. The highest BCUT2D eigenvalue weighted by Crippen LogP contribution is 2.39. The number of rotatable bonds is 1. The number of carbonyl (C=O) groups is 1. The van der Waals surface area contributed by atoms with E-state index >= 15 is 0 Å². The van der Waals surface area contributed by atoms with Crippen LogP contribution in [0.2, 0.25) is 0 Å². The van der Waals surface area contributed by atoms with Gasteiger partial charge in [-0.15, -0.1) is 0 Å². The van der Waals surface area contributed by atoms with E-state index in [4.69, 9.17) is 9.47 Å². The first kappa shape index (κ1) is 15.7. The van der Waals surface area contributed by atoms with E-state index in [0.29, 0.717) is 11.5 Å². The maximum Gasteiger partial charge on any atom is 0.337 e. The second-order valence-corrected chi connectivity index (χ2v) is 7.55. The van der Waals surface area contributed by atoms with Gasteiger partial charge in [-0.3, -0.25) is 0 Å². The highest BCUT2D eigenvalue weighted by molar-refractivity contribution is 6.04. The Bertz CT molecular complexity index is 969. The maximum atomic E-state index is 12.3. The summed E-state index contributed by atoms with van der Waals surface area (Å²) in [6, 6.07) is 8.51. The zero-order chi connectivity index (χ0) is 17.8. The largest absolute Gasteiger partial charge is 0.497 e. The van der Waals surface area contributed by atoms with Gasteiger partial charge in [-0.1, -0.05) is 18.2 Å². The summed E-state index contributed by atoms with van der Waals surface area (Å²) >= 11 is 0. The minimum atomic E-state index is -0.270.